The number of nitrogens with zero attached hydrogens (tertiary/aromatic N) is 1. The molecule has 108 valence electrons. The van der Waals surface area contributed by atoms with Crippen molar-refractivity contribution in [3.63, 3.8) is 0 Å². The van der Waals surface area contributed by atoms with Crippen molar-refractivity contribution in [3.8, 4) is 0 Å². The van der Waals surface area contributed by atoms with Crippen LogP contribution < -0.4 is 5.32 Å². The molecule has 0 radical (unpaired) electrons. The third-order valence-corrected chi connectivity index (χ3v) is 4.66. The van der Waals surface area contributed by atoms with Gasteiger partial charge in [-0.2, -0.15) is 11.3 Å². The summed E-state index contributed by atoms with van der Waals surface area (Å²) >= 11 is 5.31. The molecule has 1 N–H and O–H groups in total. The van der Waals surface area contributed by atoms with Gasteiger partial charge in [-0.05, 0) is 67.1 Å². The zero-order valence-electron chi connectivity index (χ0n) is 12.0. The van der Waals surface area contributed by atoms with Crippen LogP contribution in [0.15, 0.2) is 45.6 Å². The number of nitrogens with one attached hydrogen (secondary N) is 1. The fraction of sp³-hybridized carbons (Fsp3) is 0.375. The van der Waals surface area contributed by atoms with Gasteiger partial charge in [-0.25, -0.2) is 0 Å². The summed E-state index contributed by atoms with van der Waals surface area (Å²) < 4.78 is 1.14. The third-order valence-electron chi connectivity index (χ3n) is 3.43. The summed E-state index contributed by atoms with van der Waals surface area (Å²) in [5, 5.41) is 7.78. The Bertz CT molecular complexity index is 513. The van der Waals surface area contributed by atoms with Gasteiger partial charge in [0.25, 0.3) is 0 Å². The van der Waals surface area contributed by atoms with Crippen molar-refractivity contribution in [1.82, 2.24) is 10.2 Å². The minimum absolute atomic E-state index is 0.400. The predicted octanol–water partition coefficient (Wildman–Crippen LogP) is 4.29. The molecule has 0 amide bonds. The van der Waals surface area contributed by atoms with E-state index in [0.29, 0.717) is 6.04 Å². The molecule has 2 rings (SSSR count). The Balaban J connectivity index is 1.87. The van der Waals surface area contributed by atoms with Crippen LogP contribution in [-0.2, 0) is 6.54 Å². The van der Waals surface area contributed by atoms with Crippen LogP contribution >= 0.6 is 27.3 Å². The Morgan fingerprint density at radius 1 is 1.35 bits per heavy atom. The van der Waals surface area contributed by atoms with Crippen molar-refractivity contribution in [2.75, 3.05) is 20.6 Å². The lowest BCUT2D eigenvalue weighted by Crippen LogP contribution is -2.25. The number of halogens is 1. The largest absolute Gasteiger partial charge is 0.313 e. The van der Waals surface area contributed by atoms with Crippen molar-refractivity contribution in [1.29, 1.82) is 0 Å². The minimum atomic E-state index is 0.400. The number of thiophene rings is 1. The van der Waals surface area contributed by atoms with E-state index in [0.717, 1.165) is 24.0 Å². The highest BCUT2D eigenvalue weighted by Gasteiger charge is 2.11. The van der Waals surface area contributed by atoms with Gasteiger partial charge in [0, 0.05) is 17.1 Å². The van der Waals surface area contributed by atoms with Crippen molar-refractivity contribution in [3.05, 3.63) is 56.7 Å². The van der Waals surface area contributed by atoms with Crippen molar-refractivity contribution < 1.29 is 0 Å². The molecule has 1 heterocycles. The highest BCUT2D eigenvalue weighted by atomic mass is 79.9. The molecule has 0 aliphatic heterocycles. The Morgan fingerprint density at radius 2 is 2.20 bits per heavy atom. The molecule has 20 heavy (non-hydrogen) atoms. The summed E-state index contributed by atoms with van der Waals surface area (Å²) in [6.45, 7) is 2.10. The zero-order valence-corrected chi connectivity index (χ0v) is 14.4. The molecule has 1 unspecified atom stereocenters. The normalized spacial score (nSPS) is 12.8. The first-order chi connectivity index (χ1) is 9.69. The summed E-state index contributed by atoms with van der Waals surface area (Å²) in [6.07, 6.45) is 1.10. The second kappa shape index (κ2) is 7.93. The van der Waals surface area contributed by atoms with E-state index in [2.05, 4.69) is 74.3 Å². The average molecular weight is 353 g/mol. The number of benzene rings is 1. The standard InChI is InChI=1S/C16H21BrN2S/c1-18-16(14-4-3-5-15(17)10-14)6-8-19(2)11-13-7-9-20-12-13/h3-5,7,9-10,12,16,18H,6,8,11H2,1-2H3. The van der Waals surface area contributed by atoms with E-state index in [9.17, 15) is 0 Å². The van der Waals surface area contributed by atoms with Crippen LogP contribution in [0, 0.1) is 0 Å². The number of hydrogen-bond donors (Lipinski definition) is 1. The number of hydrogen-bond acceptors (Lipinski definition) is 3. The lowest BCUT2D eigenvalue weighted by atomic mass is 10.0. The molecule has 2 aromatic rings. The second-order valence-electron chi connectivity index (χ2n) is 5.05. The molecule has 0 bridgehead atoms. The van der Waals surface area contributed by atoms with Crippen LogP contribution in [0.1, 0.15) is 23.6 Å². The molecule has 0 spiro atoms. The summed E-state index contributed by atoms with van der Waals surface area (Å²) in [7, 11) is 4.22. The van der Waals surface area contributed by atoms with Crippen LogP contribution in [0.3, 0.4) is 0 Å². The summed E-state index contributed by atoms with van der Waals surface area (Å²) in [6, 6.07) is 11.1. The Hall–Kier alpha value is -0.680. The van der Waals surface area contributed by atoms with E-state index in [1.807, 2.05) is 7.05 Å². The van der Waals surface area contributed by atoms with Gasteiger partial charge in [0.15, 0.2) is 0 Å². The summed E-state index contributed by atoms with van der Waals surface area (Å²) in [5.74, 6) is 0. The van der Waals surface area contributed by atoms with Gasteiger partial charge in [-0.3, -0.25) is 0 Å². The molecule has 2 nitrogen and oxygen atoms in total. The summed E-state index contributed by atoms with van der Waals surface area (Å²) in [4.78, 5) is 2.38. The Kier molecular flexibility index (Phi) is 6.23. The first-order valence-electron chi connectivity index (χ1n) is 6.81. The number of rotatable bonds is 7. The molecular formula is C16H21BrN2S. The lowest BCUT2D eigenvalue weighted by Gasteiger charge is -2.21. The van der Waals surface area contributed by atoms with Crippen molar-refractivity contribution in [2.45, 2.75) is 19.0 Å². The van der Waals surface area contributed by atoms with Gasteiger partial charge in [-0.15, -0.1) is 0 Å². The zero-order chi connectivity index (χ0) is 14.4. The van der Waals surface area contributed by atoms with Gasteiger partial charge in [-0.1, -0.05) is 28.1 Å². The molecule has 1 aromatic heterocycles. The smallest absolute Gasteiger partial charge is 0.0330 e. The van der Waals surface area contributed by atoms with Crippen molar-refractivity contribution >= 4 is 27.3 Å². The lowest BCUT2D eigenvalue weighted by molar-refractivity contribution is 0.304. The van der Waals surface area contributed by atoms with E-state index in [1.165, 1.54) is 11.1 Å². The maximum Gasteiger partial charge on any atom is 0.0330 e. The molecule has 1 aromatic carbocycles. The van der Waals surface area contributed by atoms with E-state index < -0.39 is 0 Å². The Morgan fingerprint density at radius 3 is 2.85 bits per heavy atom. The van der Waals surface area contributed by atoms with Gasteiger partial charge >= 0.3 is 0 Å². The predicted molar refractivity (Wildman–Crippen MR) is 91.2 cm³/mol. The van der Waals surface area contributed by atoms with Crippen LogP contribution in [-0.4, -0.2) is 25.5 Å². The quantitative estimate of drug-likeness (QED) is 0.799. The molecular weight excluding hydrogens is 332 g/mol. The minimum Gasteiger partial charge on any atom is -0.313 e. The molecule has 0 fully saturated rings. The van der Waals surface area contributed by atoms with Gasteiger partial charge < -0.3 is 10.2 Å². The van der Waals surface area contributed by atoms with E-state index in [-0.39, 0.29) is 0 Å². The van der Waals surface area contributed by atoms with Crippen LogP contribution in [0.4, 0.5) is 0 Å². The second-order valence-corrected chi connectivity index (χ2v) is 6.75. The summed E-state index contributed by atoms with van der Waals surface area (Å²) in [5.41, 5.74) is 2.74. The molecule has 0 aliphatic carbocycles. The molecule has 0 saturated heterocycles. The fourth-order valence-corrected chi connectivity index (χ4v) is 3.40. The highest BCUT2D eigenvalue weighted by Crippen LogP contribution is 2.21. The average Bonchev–Trinajstić information content (AvgIpc) is 2.92. The maximum atomic E-state index is 3.54. The van der Waals surface area contributed by atoms with Crippen LogP contribution in [0.25, 0.3) is 0 Å². The SMILES string of the molecule is CNC(CCN(C)Cc1ccsc1)c1cccc(Br)c1. The monoisotopic (exact) mass is 352 g/mol. The highest BCUT2D eigenvalue weighted by molar-refractivity contribution is 9.10. The Labute approximate surface area is 133 Å². The first-order valence-corrected chi connectivity index (χ1v) is 8.55. The van der Waals surface area contributed by atoms with Gasteiger partial charge in [0.2, 0.25) is 0 Å². The van der Waals surface area contributed by atoms with E-state index in [1.54, 1.807) is 11.3 Å². The molecule has 0 aliphatic rings. The van der Waals surface area contributed by atoms with Crippen LogP contribution in [0.2, 0.25) is 0 Å². The van der Waals surface area contributed by atoms with Gasteiger partial charge in [0.1, 0.15) is 0 Å². The van der Waals surface area contributed by atoms with Crippen LogP contribution in [0.5, 0.6) is 0 Å². The molecule has 0 saturated carbocycles. The fourth-order valence-electron chi connectivity index (χ4n) is 2.32. The van der Waals surface area contributed by atoms with E-state index >= 15 is 0 Å². The third kappa shape index (κ3) is 4.70. The van der Waals surface area contributed by atoms with Crippen molar-refractivity contribution in [2.24, 2.45) is 0 Å². The molecule has 4 heteroatoms. The van der Waals surface area contributed by atoms with Gasteiger partial charge in [0.05, 0.1) is 0 Å². The first kappa shape index (κ1) is 15.7. The van der Waals surface area contributed by atoms with E-state index in [4.69, 9.17) is 0 Å². The molecule has 1 atom stereocenters. The topological polar surface area (TPSA) is 15.3 Å². The maximum absolute atomic E-state index is 3.54.